The van der Waals surface area contributed by atoms with Crippen LogP contribution >= 0.6 is 12.6 Å². The standard InChI is InChI=1S/C10H12N4O3S/c11-7-6(4-17-13-7)8-12-9(15)10(14(8)16)2-1-5(18)3-10/h4-5,16,18H,1-3H2,(H2,11,13). The van der Waals surface area contributed by atoms with Gasteiger partial charge in [-0.15, -0.1) is 0 Å². The van der Waals surface area contributed by atoms with Crippen LogP contribution in [0.4, 0.5) is 5.82 Å². The number of aliphatic imine (C=N–C) groups is 1. The molecule has 1 amide bonds. The number of carbonyl (C=O) groups excluding carboxylic acids is 1. The third-order valence-corrected chi connectivity index (χ3v) is 3.96. The van der Waals surface area contributed by atoms with Gasteiger partial charge in [0.15, 0.2) is 17.2 Å². The fraction of sp³-hybridized carbons (Fsp3) is 0.500. The molecular weight excluding hydrogens is 256 g/mol. The molecule has 1 saturated carbocycles. The number of anilines is 1. The van der Waals surface area contributed by atoms with Crippen LogP contribution in [0.3, 0.4) is 0 Å². The SMILES string of the molecule is Nc1nocc1C1=NC(=O)C2(CCC(S)C2)N1O. The molecule has 1 aliphatic carbocycles. The molecule has 2 aliphatic rings. The van der Waals surface area contributed by atoms with Gasteiger partial charge in [0, 0.05) is 5.25 Å². The molecule has 0 saturated heterocycles. The summed E-state index contributed by atoms with van der Waals surface area (Å²) in [5.74, 6) is -0.170. The number of hydrogen-bond acceptors (Lipinski definition) is 7. The van der Waals surface area contributed by atoms with Gasteiger partial charge >= 0.3 is 0 Å². The van der Waals surface area contributed by atoms with Gasteiger partial charge in [0.25, 0.3) is 5.91 Å². The maximum absolute atomic E-state index is 12.1. The summed E-state index contributed by atoms with van der Waals surface area (Å²) in [6.07, 6.45) is 3.00. The number of amides is 1. The Balaban J connectivity index is 1.99. The van der Waals surface area contributed by atoms with Crippen LogP contribution < -0.4 is 5.73 Å². The Morgan fingerprint density at radius 1 is 1.67 bits per heavy atom. The third-order valence-electron chi connectivity index (χ3n) is 3.51. The molecule has 7 nitrogen and oxygen atoms in total. The van der Waals surface area contributed by atoms with E-state index < -0.39 is 5.54 Å². The van der Waals surface area contributed by atoms with Crippen molar-refractivity contribution < 1.29 is 14.5 Å². The predicted molar refractivity (Wildman–Crippen MR) is 65.4 cm³/mol. The molecule has 2 atom stereocenters. The highest BCUT2D eigenvalue weighted by Gasteiger charge is 2.54. The molecule has 3 N–H and O–H groups in total. The topological polar surface area (TPSA) is 105 Å². The van der Waals surface area contributed by atoms with Crippen molar-refractivity contribution in [3.05, 3.63) is 11.8 Å². The van der Waals surface area contributed by atoms with Gasteiger partial charge in [-0.1, -0.05) is 5.16 Å². The summed E-state index contributed by atoms with van der Waals surface area (Å²) in [5.41, 5.74) is 4.92. The second kappa shape index (κ2) is 3.72. The summed E-state index contributed by atoms with van der Waals surface area (Å²) in [6, 6.07) is 0. The minimum atomic E-state index is -0.995. The van der Waals surface area contributed by atoms with E-state index >= 15 is 0 Å². The number of thiol groups is 1. The van der Waals surface area contributed by atoms with Gasteiger partial charge in [-0.2, -0.15) is 17.6 Å². The summed E-state index contributed by atoms with van der Waals surface area (Å²) in [6.45, 7) is 0. The first-order chi connectivity index (χ1) is 8.54. The average Bonchev–Trinajstić information content (AvgIpc) is 2.97. The average molecular weight is 268 g/mol. The van der Waals surface area contributed by atoms with E-state index in [1.54, 1.807) is 0 Å². The number of nitrogen functional groups attached to an aromatic ring is 1. The second-order valence-electron chi connectivity index (χ2n) is 4.59. The van der Waals surface area contributed by atoms with Crippen molar-refractivity contribution in [2.24, 2.45) is 4.99 Å². The van der Waals surface area contributed by atoms with E-state index in [1.165, 1.54) is 6.26 Å². The molecule has 1 spiro atoms. The normalized spacial score (nSPS) is 31.4. The Labute approximate surface area is 108 Å². The zero-order chi connectivity index (χ0) is 12.9. The Morgan fingerprint density at radius 3 is 3.00 bits per heavy atom. The molecule has 1 aromatic heterocycles. The number of hydroxylamine groups is 2. The van der Waals surface area contributed by atoms with Crippen LogP contribution in [0.2, 0.25) is 0 Å². The van der Waals surface area contributed by atoms with Crippen molar-refractivity contribution in [1.29, 1.82) is 0 Å². The third kappa shape index (κ3) is 1.39. The van der Waals surface area contributed by atoms with Gasteiger partial charge in [-0.05, 0) is 19.3 Å². The summed E-state index contributed by atoms with van der Waals surface area (Å²) in [5, 5.41) is 14.7. The molecule has 8 heteroatoms. The van der Waals surface area contributed by atoms with E-state index in [0.29, 0.717) is 18.4 Å². The minimum absolute atomic E-state index is 0.0815. The van der Waals surface area contributed by atoms with Crippen LogP contribution in [-0.2, 0) is 4.79 Å². The zero-order valence-corrected chi connectivity index (χ0v) is 10.3. The largest absolute Gasteiger partial charge is 0.380 e. The molecule has 0 bridgehead atoms. The van der Waals surface area contributed by atoms with Crippen molar-refractivity contribution in [3.63, 3.8) is 0 Å². The lowest BCUT2D eigenvalue weighted by Crippen LogP contribution is -2.48. The van der Waals surface area contributed by atoms with Crippen LogP contribution in [0.1, 0.15) is 24.8 Å². The van der Waals surface area contributed by atoms with Gasteiger partial charge in [0.05, 0.1) is 0 Å². The number of nitrogens with zero attached hydrogens (tertiary/aromatic N) is 3. The van der Waals surface area contributed by atoms with Gasteiger partial charge < -0.3 is 10.3 Å². The molecule has 1 fully saturated rings. The fourth-order valence-corrected chi connectivity index (χ4v) is 2.94. The van der Waals surface area contributed by atoms with Crippen LogP contribution in [0, 0.1) is 0 Å². The van der Waals surface area contributed by atoms with Crippen LogP contribution in [0.25, 0.3) is 0 Å². The van der Waals surface area contributed by atoms with E-state index in [9.17, 15) is 10.0 Å². The Morgan fingerprint density at radius 2 is 2.44 bits per heavy atom. The van der Waals surface area contributed by atoms with E-state index in [4.69, 9.17) is 10.3 Å². The molecule has 18 heavy (non-hydrogen) atoms. The van der Waals surface area contributed by atoms with E-state index in [0.717, 1.165) is 11.5 Å². The molecule has 0 radical (unpaired) electrons. The van der Waals surface area contributed by atoms with Gasteiger partial charge in [-0.25, -0.2) is 5.06 Å². The van der Waals surface area contributed by atoms with Crippen molar-refractivity contribution in [2.75, 3.05) is 5.73 Å². The van der Waals surface area contributed by atoms with Crippen molar-refractivity contribution >= 4 is 30.2 Å². The Hall–Kier alpha value is -1.54. The van der Waals surface area contributed by atoms with Crippen molar-refractivity contribution in [3.8, 4) is 0 Å². The number of rotatable bonds is 1. The lowest BCUT2D eigenvalue weighted by Gasteiger charge is -2.29. The minimum Gasteiger partial charge on any atom is -0.380 e. The van der Waals surface area contributed by atoms with Crippen LogP contribution in [-0.4, -0.2) is 38.0 Å². The number of nitrogens with two attached hydrogens (primary N) is 1. The quantitative estimate of drug-likeness (QED) is 0.639. The maximum atomic E-state index is 12.1. The predicted octanol–water partition coefficient (Wildman–Crippen LogP) is 0.456. The molecule has 2 unspecified atom stereocenters. The van der Waals surface area contributed by atoms with Crippen molar-refractivity contribution in [2.45, 2.75) is 30.1 Å². The fourth-order valence-electron chi connectivity index (χ4n) is 2.51. The van der Waals surface area contributed by atoms with Crippen LogP contribution in [0.15, 0.2) is 15.8 Å². The molecule has 1 aromatic rings. The maximum Gasteiger partial charge on any atom is 0.276 e. The van der Waals surface area contributed by atoms with Gasteiger partial charge in [0.2, 0.25) is 0 Å². The Kier molecular flexibility index (Phi) is 2.39. The molecular formula is C10H12N4O3S. The van der Waals surface area contributed by atoms with E-state index in [2.05, 4.69) is 22.8 Å². The molecule has 2 heterocycles. The zero-order valence-electron chi connectivity index (χ0n) is 9.41. The monoisotopic (exact) mass is 268 g/mol. The number of aromatic nitrogens is 1. The highest BCUT2D eigenvalue weighted by atomic mass is 32.1. The molecule has 96 valence electrons. The van der Waals surface area contributed by atoms with E-state index in [-0.39, 0.29) is 22.8 Å². The first-order valence-corrected chi connectivity index (χ1v) is 6.07. The first kappa shape index (κ1) is 11.5. The lowest BCUT2D eigenvalue weighted by atomic mass is 9.97. The summed E-state index contributed by atoms with van der Waals surface area (Å²) in [4.78, 5) is 15.9. The number of carbonyl (C=O) groups is 1. The highest BCUT2D eigenvalue weighted by molar-refractivity contribution is 7.81. The Bertz CT molecular complexity index is 543. The number of amidine groups is 1. The number of hydrogen-bond donors (Lipinski definition) is 3. The van der Waals surface area contributed by atoms with E-state index in [1.807, 2.05) is 0 Å². The lowest BCUT2D eigenvalue weighted by molar-refractivity contribution is -0.143. The highest BCUT2D eigenvalue weighted by Crippen LogP contribution is 2.42. The smallest absolute Gasteiger partial charge is 0.276 e. The molecule has 3 rings (SSSR count). The first-order valence-electron chi connectivity index (χ1n) is 5.55. The summed E-state index contributed by atoms with van der Waals surface area (Å²) >= 11 is 4.35. The molecule has 0 aromatic carbocycles. The summed E-state index contributed by atoms with van der Waals surface area (Å²) in [7, 11) is 0. The molecule has 1 aliphatic heterocycles. The van der Waals surface area contributed by atoms with Crippen LogP contribution in [0.5, 0.6) is 0 Å². The van der Waals surface area contributed by atoms with Gasteiger partial charge in [-0.3, -0.25) is 10.0 Å². The van der Waals surface area contributed by atoms with Gasteiger partial charge in [0.1, 0.15) is 11.8 Å². The summed E-state index contributed by atoms with van der Waals surface area (Å²) < 4.78 is 4.69. The van der Waals surface area contributed by atoms with Crippen molar-refractivity contribution in [1.82, 2.24) is 10.2 Å². The second-order valence-corrected chi connectivity index (χ2v) is 5.32.